The summed E-state index contributed by atoms with van der Waals surface area (Å²) >= 11 is 0. The van der Waals surface area contributed by atoms with Crippen LogP contribution in [0.4, 0.5) is 8.78 Å². The van der Waals surface area contributed by atoms with Gasteiger partial charge in [0, 0.05) is 30.9 Å². The highest BCUT2D eigenvalue weighted by Gasteiger charge is 2.29. The molecule has 0 atom stereocenters. The summed E-state index contributed by atoms with van der Waals surface area (Å²) in [7, 11) is 0. The number of pyridine rings is 1. The van der Waals surface area contributed by atoms with Crippen molar-refractivity contribution in [1.29, 1.82) is 0 Å². The highest BCUT2D eigenvalue weighted by atomic mass is 19.1. The molecule has 3 heterocycles. The summed E-state index contributed by atoms with van der Waals surface area (Å²) in [5, 5.41) is 6.58. The summed E-state index contributed by atoms with van der Waals surface area (Å²) < 4.78 is 33.4. The summed E-state index contributed by atoms with van der Waals surface area (Å²) in [5.41, 5.74) is 1.16. The highest BCUT2D eigenvalue weighted by Crippen LogP contribution is 2.38. The highest BCUT2D eigenvalue weighted by molar-refractivity contribution is 5.92. The van der Waals surface area contributed by atoms with Crippen molar-refractivity contribution in [3.8, 4) is 17.3 Å². The van der Waals surface area contributed by atoms with E-state index in [4.69, 9.17) is 4.52 Å². The van der Waals surface area contributed by atoms with Crippen molar-refractivity contribution in [2.24, 2.45) is 0 Å². The van der Waals surface area contributed by atoms with Crippen LogP contribution in [0.5, 0.6) is 0 Å². The van der Waals surface area contributed by atoms with Gasteiger partial charge in [0.1, 0.15) is 29.5 Å². The van der Waals surface area contributed by atoms with Crippen molar-refractivity contribution in [1.82, 2.24) is 30.0 Å². The van der Waals surface area contributed by atoms with Gasteiger partial charge in [-0.15, -0.1) is 0 Å². The Morgan fingerprint density at radius 2 is 1.97 bits per heavy atom. The molecule has 0 spiro atoms. The maximum absolute atomic E-state index is 13.3. The van der Waals surface area contributed by atoms with Crippen LogP contribution >= 0.6 is 0 Å². The molecule has 4 aromatic rings. The minimum absolute atomic E-state index is 0.0274. The molecular formula is C21H16F2N6O2. The fourth-order valence-corrected chi connectivity index (χ4v) is 3.08. The second-order valence-corrected chi connectivity index (χ2v) is 7.26. The standard InChI is InChI=1S/C21H16F2N6O2/c22-15-5-12(6-16(23)7-15)8-25-20(30)17-10-29(11-26-17)18-4-3-14(9-24-18)21-27-19(28-31-21)13-1-2-13/h3-7,9-11,13H,1-2,8H2,(H,25,30). The number of benzene rings is 1. The van der Waals surface area contributed by atoms with Crippen LogP contribution in [0.25, 0.3) is 17.3 Å². The van der Waals surface area contributed by atoms with Crippen LogP contribution in [0.3, 0.4) is 0 Å². The first-order chi connectivity index (χ1) is 15.0. The zero-order valence-corrected chi connectivity index (χ0v) is 16.1. The fraction of sp³-hybridized carbons (Fsp3) is 0.190. The van der Waals surface area contributed by atoms with Crippen molar-refractivity contribution in [2.45, 2.75) is 25.3 Å². The summed E-state index contributed by atoms with van der Waals surface area (Å²) in [6.45, 7) is -0.0274. The number of hydrogen-bond acceptors (Lipinski definition) is 6. The van der Waals surface area contributed by atoms with Gasteiger partial charge in [-0.1, -0.05) is 5.16 Å². The van der Waals surface area contributed by atoms with Crippen LogP contribution in [0.15, 0.2) is 53.6 Å². The predicted octanol–water partition coefficient (Wildman–Crippen LogP) is 3.40. The van der Waals surface area contributed by atoms with Crippen LogP contribution in [-0.4, -0.2) is 30.6 Å². The third-order valence-electron chi connectivity index (χ3n) is 4.83. The first-order valence-corrected chi connectivity index (χ1v) is 9.63. The van der Waals surface area contributed by atoms with Crippen molar-refractivity contribution in [3.63, 3.8) is 0 Å². The molecule has 0 bridgehead atoms. The van der Waals surface area contributed by atoms with Crippen LogP contribution in [0.1, 0.15) is 40.6 Å². The van der Waals surface area contributed by atoms with Crippen LogP contribution < -0.4 is 5.32 Å². The maximum atomic E-state index is 13.3. The van der Waals surface area contributed by atoms with E-state index in [2.05, 4.69) is 25.4 Å². The Balaban J connectivity index is 1.25. The van der Waals surface area contributed by atoms with Gasteiger partial charge in [-0.3, -0.25) is 9.36 Å². The quantitative estimate of drug-likeness (QED) is 0.511. The molecule has 5 rings (SSSR count). The number of aromatic nitrogens is 5. The van der Waals surface area contributed by atoms with Gasteiger partial charge in [0.05, 0.1) is 5.56 Å². The molecule has 8 nitrogen and oxygen atoms in total. The first kappa shape index (κ1) is 19.0. The first-order valence-electron chi connectivity index (χ1n) is 9.63. The van der Waals surface area contributed by atoms with Gasteiger partial charge in [-0.2, -0.15) is 4.98 Å². The van der Waals surface area contributed by atoms with E-state index in [1.807, 2.05) is 0 Å². The number of hydrogen-bond donors (Lipinski definition) is 1. The second kappa shape index (κ2) is 7.71. The van der Waals surface area contributed by atoms with E-state index in [-0.39, 0.29) is 12.2 Å². The largest absolute Gasteiger partial charge is 0.347 e. The third-order valence-corrected chi connectivity index (χ3v) is 4.83. The minimum Gasteiger partial charge on any atom is -0.347 e. The topological polar surface area (TPSA) is 98.7 Å². The Labute approximate surface area is 175 Å². The summed E-state index contributed by atoms with van der Waals surface area (Å²) in [6.07, 6.45) is 6.76. The predicted molar refractivity (Wildman–Crippen MR) is 104 cm³/mol. The molecule has 0 saturated heterocycles. The lowest BCUT2D eigenvalue weighted by atomic mass is 10.2. The molecule has 31 heavy (non-hydrogen) atoms. The average molecular weight is 422 g/mol. The number of nitrogens with zero attached hydrogens (tertiary/aromatic N) is 5. The Morgan fingerprint density at radius 3 is 2.68 bits per heavy atom. The molecule has 1 aromatic carbocycles. The molecule has 1 fully saturated rings. The van der Waals surface area contributed by atoms with Crippen molar-refractivity contribution in [2.75, 3.05) is 0 Å². The van der Waals surface area contributed by atoms with Gasteiger partial charge in [-0.25, -0.2) is 18.7 Å². The molecule has 3 aromatic heterocycles. The van der Waals surface area contributed by atoms with Gasteiger partial charge >= 0.3 is 0 Å². The van der Waals surface area contributed by atoms with E-state index >= 15 is 0 Å². The summed E-state index contributed by atoms with van der Waals surface area (Å²) in [5.74, 6) is 0.216. The lowest BCUT2D eigenvalue weighted by molar-refractivity contribution is 0.0946. The molecule has 1 aliphatic carbocycles. The molecule has 156 valence electrons. The maximum Gasteiger partial charge on any atom is 0.271 e. The fourth-order valence-electron chi connectivity index (χ4n) is 3.08. The Morgan fingerprint density at radius 1 is 1.16 bits per heavy atom. The number of carbonyl (C=O) groups is 1. The van der Waals surface area contributed by atoms with Gasteiger partial charge in [0.25, 0.3) is 11.8 Å². The van der Waals surface area contributed by atoms with E-state index in [0.717, 1.165) is 36.9 Å². The monoisotopic (exact) mass is 422 g/mol. The molecule has 10 heteroatoms. The van der Waals surface area contributed by atoms with Gasteiger partial charge in [0.2, 0.25) is 0 Å². The number of rotatable bonds is 6. The smallest absolute Gasteiger partial charge is 0.271 e. The molecule has 0 aliphatic heterocycles. The van der Waals surface area contributed by atoms with Crippen molar-refractivity contribution < 1.29 is 18.1 Å². The zero-order chi connectivity index (χ0) is 21.4. The average Bonchev–Trinajstić information content (AvgIpc) is 3.28. The van der Waals surface area contributed by atoms with Crippen molar-refractivity contribution in [3.05, 3.63) is 77.8 Å². The van der Waals surface area contributed by atoms with E-state index in [0.29, 0.717) is 28.8 Å². The van der Waals surface area contributed by atoms with E-state index in [1.165, 1.54) is 12.5 Å². The third kappa shape index (κ3) is 4.18. The number of carbonyl (C=O) groups excluding carboxylic acids is 1. The minimum atomic E-state index is -0.702. The van der Waals surface area contributed by atoms with Crippen LogP contribution in [0, 0.1) is 11.6 Å². The molecule has 0 radical (unpaired) electrons. The summed E-state index contributed by atoms with van der Waals surface area (Å²) in [6, 6.07) is 6.63. The molecule has 1 aliphatic rings. The lowest BCUT2D eigenvalue weighted by Gasteiger charge is -2.04. The van der Waals surface area contributed by atoms with Gasteiger partial charge in [0.15, 0.2) is 5.82 Å². The molecule has 1 saturated carbocycles. The number of nitrogens with one attached hydrogen (secondary N) is 1. The SMILES string of the molecule is O=C(NCc1cc(F)cc(F)c1)c1cn(-c2ccc(-c3nc(C4CC4)no3)cn2)cn1. The van der Waals surface area contributed by atoms with Crippen molar-refractivity contribution >= 4 is 5.91 Å². The van der Waals surface area contributed by atoms with E-state index in [9.17, 15) is 13.6 Å². The second-order valence-electron chi connectivity index (χ2n) is 7.26. The molecule has 1 N–H and O–H groups in total. The molecule has 0 unspecified atom stereocenters. The van der Waals surface area contributed by atoms with Gasteiger partial charge < -0.3 is 9.84 Å². The van der Waals surface area contributed by atoms with Gasteiger partial charge in [-0.05, 0) is 42.7 Å². The van der Waals surface area contributed by atoms with E-state index in [1.54, 1.807) is 22.9 Å². The Hall–Kier alpha value is -3.95. The zero-order valence-electron chi connectivity index (χ0n) is 16.1. The molecular weight excluding hydrogens is 406 g/mol. The van der Waals surface area contributed by atoms with E-state index < -0.39 is 17.5 Å². The lowest BCUT2D eigenvalue weighted by Crippen LogP contribution is -2.23. The summed E-state index contributed by atoms with van der Waals surface area (Å²) in [4.78, 5) is 25.1. The normalized spacial score (nSPS) is 13.4. The number of imidazole rings is 1. The van der Waals surface area contributed by atoms with Crippen LogP contribution in [-0.2, 0) is 6.54 Å². The van der Waals surface area contributed by atoms with Crippen LogP contribution in [0.2, 0.25) is 0 Å². The Bertz CT molecular complexity index is 1230. The number of amides is 1. The molecule has 1 amide bonds. The number of halogens is 2. The Kier molecular flexibility index (Phi) is 4.73.